The zero-order valence-electron chi connectivity index (χ0n) is 8.09. The number of halogens is 1. The highest BCUT2D eigenvalue weighted by atomic mass is 32.2. The van der Waals surface area contributed by atoms with Crippen molar-refractivity contribution in [3.8, 4) is 0 Å². The van der Waals surface area contributed by atoms with Gasteiger partial charge in [-0.2, -0.15) is 11.8 Å². The highest BCUT2D eigenvalue weighted by Gasteiger charge is 2.34. The molecule has 0 radical (unpaired) electrons. The third-order valence-electron chi connectivity index (χ3n) is 2.70. The molecule has 0 aliphatic carbocycles. The first-order valence-electron chi connectivity index (χ1n) is 4.69. The molecule has 0 amide bonds. The first-order chi connectivity index (χ1) is 6.62. The van der Waals surface area contributed by atoms with Gasteiger partial charge in [0.2, 0.25) is 0 Å². The fourth-order valence-electron chi connectivity index (χ4n) is 1.86. The molecule has 1 aromatic rings. The molecule has 1 atom stereocenters. The molecular formula is C11H13FOS. The van der Waals surface area contributed by atoms with E-state index in [0.717, 1.165) is 23.3 Å². The van der Waals surface area contributed by atoms with Crippen molar-refractivity contribution in [1.29, 1.82) is 0 Å². The molecule has 1 aromatic carbocycles. The first-order valence-corrected chi connectivity index (χ1v) is 5.84. The van der Waals surface area contributed by atoms with Gasteiger partial charge in [0.25, 0.3) is 0 Å². The van der Waals surface area contributed by atoms with E-state index in [1.54, 1.807) is 17.8 Å². The average molecular weight is 212 g/mol. The van der Waals surface area contributed by atoms with E-state index in [1.807, 2.05) is 6.92 Å². The summed E-state index contributed by atoms with van der Waals surface area (Å²) in [6.45, 7) is 1.91. The Hall–Kier alpha value is -0.540. The van der Waals surface area contributed by atoms with Gasteiger partial charge in [0.1, 0.15) is 5.82 Å². The Morgan fingerprint density at radius 3 is 2.93 bits per heavy atom. The Morgan fingerprint density at radius 1 is 1.50 bits per heavy atom. The van der Waals surface area contributed by atoms with Gasteiger partial charge in [0.15, 0.2) is 0 Å². The minimum atomic E-state index is -0.809. The molecule has 14 heavy (non-hydrogen) atoms. The van der Waals surface area contributed by atoms with E-state index in [4.69, 9.17) is 0 Å². The van der Waals surface area contributed by atoms with Gasteiger partial charge in [-0.3, -0.25) is 0 Å². The van der Waals surface area contributed by atoms with Crippen LogP contribution in [0.2, 0.25) is 0 Å². The summed E-state index contributed by atoms with van der Waals surface area (Å²) < 4.78 is 13.1. The molecule has 0 saturated carbocycles. The lowest BCUT2D eigenvalue weighted by Crippen LogP contribution is -2.26. The van der Waals surface area contributed by atoms with Gasteiger partial charge >= 0.3 is 0 Å². The number of benzene rings is 1. The van der Waals surface area contributed by atoms with Gasteiger partial charge in [-0.05, 0) is 42.4 Å². The number of hydrogen-bond acceptors (Lipinski definition) is 2. The predicted molar refractivity (Wildman–Crippen MR) is 57.0 cm³/mol. The smallest absolute Gasteiger partial charge is 0.123 e. The van der Waals surface area contributed by atoms with Crippen molar-refractivity contribution in [2.45, 2.75) is 18.9 Å². The summed E-state index contributed by atoms with van der Waals surface area (Å²) in [6, 6.07) is 4.62. The van der Waals surface area contributed by atoms with Gasteiger partial charge in [0, 0.05) is 5.75 Å². The van der Waals surface area contributed by atoms with Crippen molar-refractivity contribution in [1.82, 2.24) is 0 Å². The lowest BCUT2D eigenvalue weighted by molar-refractivity contribution is 0.0648. The fourth-order valence-corrected chi connectivity index (χ4v) is 3.13. The van der Waals surface area contributed by atoms with E-state index in [1.165, 1.54) is 12.1 Å². The highest BCUT2D eigenvalue weighted by molar-refractivity contribution is 7.99. The second kappa shape index (κ2) is 3.55. The van der Waals surface area contributed by atoms with Gasteiger partial charge in [-0.1, -0.05) is 6.07 Å². The van der Waals surface area contributed by atoms with Crippen molar-refractivity contribution in [2.75, 3.05) is 11.5 Å². The van der Waals surface area contributed by atoms with Crippen LogP contribution in [0.1, 0.15) is 17.5 Å². The Bertz CT molecular complexity index is 345. The lowest BCUT2D eigenvalue weighted by atomic mass is 9.90. The topological polar surface area (TPSA) is 20.2 Å². The van der Waals surface area contributed by atoms with E-state index in [2.05, 4.69) is 0 Å². The number of hydrogen-bond donors (Lipinski definition) is 1. The molecule has 0 aromatic heterocycles. The fraction of sp³-hybridized carbons (Fsp3) is 0.455. The van der Waals surface area contributed by atoms with Gasteiger partial charge < -0.3 is 5.11 Å². The second-order valence-corrected chi connectivity index (χ2v) is 4.90. The maximum absolute atomic E-state index is 13.1. The van der Waals surface area contributed by atoms with Crippen LogP contribution >= 0.6 is 11.8 Å². The maximum Gasteiger partial charge on any atom is 0.123 e. The molecule has 1 saturated heterocycles. The monoisotopic (exact) mass is 212 g/mol. The quantitative estimate of drug-likeness (QED) is 0.771. The average Bonchev–Trinajstić information content (AvgIpc) is 2.58. The predicted octanol–water partition coefficient (Wildman–Crippen LogP) is 2.46. The Morgan fingerprint density at radius 2 is 2.29 bits per heavy atom. The number of aliphatic hydroxyl groups is 1. The number of aryl methyl sites for hydroxylation is 1. The minimum Gasteiger partial charge on any atom is -0.384 e. The van der Waals surface area contributed by atoms with Crippen molar-refractivity contribution >= 4 is 11.8 Å². The third kappa shape index (κ3) is 1.66. The van der Waals surface area contributed by atoms with Crippen LogP contribution in [0.4, 0.5) is 4.39 Å². The van der Waals surface area contributed by atoms with Crippen molar-refractivity contribution < 1.29 is 9.50 Å². The Kier molecular flexibility index (Phi) is 2.54. The minimum absolute atomic E-state index is 0.268. The summed E-state index contributed by atoms with van der Waals surface area (Å²) in [5, 5.41) is 10.3. The molecule has 1 unspecified atom stereocenters. The maximum atomic E-state index is 13.1. The van der Waals surface area contributed by atoms with Crippen LogP contribution in [-0.2, 0) is 5.60 Å². The molecule has 1 N–H and O–H groups in total. The molecule has 1 aliphatic heterocycles. The second-order valence-electron chi connectivity index (χ2n) is 3.79. The summed E-state index contributed by atoms with van der Waals surface area (Å²) in [7, 11) is 0. The van der Waals surface area contributed by atoms with Crippen LogP contribution in [0.5, 0.6) is 0 Å². The molecule has 1 heterocycles. The lowest BCUT2D eigenvalue weighted by Gasteiger charge is -2.23. The van der Waals surface area contributed by atoms with E-state index in [0.29, 0.717) is 5.75 Å². The number of thioether (sulfide) groups is 1. The van der Waals surface area contributed by atoms with Gasteiger partial charge in [-0.15, -0.1) is 0 Å². The van der Waals surface area contributed by atoms with Crippen LogP contribution in [0.15, 0.2) is 18.2 Å². The van der Waals surface area contributed by atoms with Crippen LogP contribution in [0, 0.1) is 12.7 Å². The summed E-state index contributed by atoms with van der Waals surface area (Å²) in [6.07, 6.45) is 0.724. The summed E-state index contributed by atoms with van der Waals surface area (Å²) in [5.74, 6) is 1.36. The standard InChI is InChI=1S/C11H13FOS/c1-8-2-3-9(12)6-10(8)11(13)4-5-14-7-11/h2-3,6,13H,4-5,7H2,1H3. The molecule has 2 rings (SSSR count). The summed E-state index contributed by atoms with van der Waals surface area (Å²) in [4.78, 5) is 0. The summed E-state index contributed by atoms with van der Waals surface area (Å²) >= 11 is 1.72. The van der Waals surface area contributed by atoms with Crippen LogP contribution < -0.4 is 0 Å². The van der Waals surface area contributed by atoms with E-state index >= 15 is 0 Å². The van der Waals surface area contributed by atoms with Crippen LogP contribution in [0.25, 0.3) is 0 Å². The van der Waals surface area contributed by atoms with Crippen molar-refractivity contribution in [3.63, 3.8) is 0 Å². The summed E-state index contributed by atoms with van der Waals surface area (Å²) in [5.41, 5.74) is 0.913. The molecule has 1 aliphatic rings. The Labute approximate surface area is 87.3 Å². The Balaban J connectivity index is 2.44. The normalized spacial score (nSPS) is 26.8. The highest BCUT2D eigenvalue weighted by Crippen LogP contribution is 2.38. The molecule has 76 valence electrons. The van der Waals surface area contributed by atoms with Crippen molar-refractivity contribution in [3.05, 3.63) is 35.1 Å². The number of rotatable bonds is 1. The van der Waals surface area contributed by atoms with Gasteiger partial charge in [-0.25, -0.2) is 4.39 Å². The zero-order chi connectivity index (χ0) is 10.2. The molecule has 1 nitrogen and oxygen atoms in total. The molecule has 0 bridgehead atoms. The van der Waals surface area contributed by atoms with Crippen molar-refractivity contribution in [2.24, 2.45) is 0 Å². The third-order valence-corrected chi connectivity index (χ3v) is 3.88. The molecule has 3 heteroatoms. The molecular weight excluding hydrogens is 199 g/mol. The van der Waals surface area contributed by atoms with E-state index < -0.39 is 5.60 Å². The SMILES string of the molecule is Cc1ccc(F)cc1C1(O)CCSC1. The van der Waals surface area contributed by atoms with Gasteiger partial charge in [0.05, 0.1) is 5.60 Å². The zero-order valence-corrected chi connectivity index (χ0v) is 8.90. The van der Waals surface area contributed by atoms with Crippen LogP contribution in [0.3, 0.4) is 0 Å². The van der Waals surface area contributed by atoms with E-state index in [9.17, 15) is 9.50 Å². The molecule has 0 spiro atoms. The first kappa shape index (κ1) is 9.99. The largest absolute Gasteiger partial charge is 0.384 e. The van der Waals surface area contributed by atoms with E-state index in [-0.39, 0.29) is 5.82 Å². The molecule has 1 fully saturated rings. The van der Waals surface area contributed by atoms with Crippen LogP contribution in [-0.4, -0.2) is 16.6 Å².